The van der Waals surface area contributed by atoms with Crippen LogP contribution in [0.5, 0.6) is 0 Å². The van der Waals surface area contributed by atoms with E-state index < -0.39 is 0 Å². The van der Waals surface area contributed by atoms with E-state index in [4.69, 9.17) is 5.26 Å². The van der Waals surface area contributed by atoms with Crippen LogP contribution >= 0.6 is 0 Å². The molecule has 0 spiro atoms. The summed E-state index contributed by atoms with van der Waals surface area (Å²) in [5.41, 5.74) is -0.0251. The number of hydrogen-bond donors (Lipinski definition) is 0. The van der Waals surface area contributed by atoms with Crippen LogP contribution in [-0.2, 0) is 4.79 Å². The summed E-state index contributed by atoms with van der Waals surface area (Å²) in [5.74, 6) is 0.734. The SMILES string of the molecule is CC(C)(C1CC1)N1CC(C#N)CC1=O. The lowest BCUT2D eigenvalue weighted by molar-refractivity contribution is -0.132. The molecule has 3 heteroatoms. The number of likely N-dealkylation sites (tertiary alicyclic amines) is 1. The van der Waals surface area contributed by atoms with E-state index in [1.54, 1.807) is 0 Å². The minimum Gasteiger partial charge on any atom is -0.336 e. The average molecular weight is 192 g/mol. The second kappa shape index (κ2) is 2.98. The molecule has 1 aliphatic carbocycles. The Hall–Kier alpha value is -1.04. The molecular weight excluding hydrogens is 176 g/mol. The third kappa shape index (κ3) is 1.39. The Morgan fingerprint density at radius 2 is 2.14 bits per heavy atom. The van der Waals surface area contributed by atoms with Crippen molar-refractivity contribution in [3.8, 4) is 6.07 Å². The summed E-state index contributed by atoms with van der Waals surface area (Å²) in [4.78, 5) is 13.6. The standard InChI is InChI=1S/C11H16N2O/c1-11(2,9-3-4-9)13-7-8(6-12)5-10(13)14/h8-9H,3-5,7H2,1-2H3. The largest absolute Gasteiger partial charge is 0.336 e. The van der Waals surface area contributed by atoms with Crippen molar-refractivity contribution in [3.63, 3.8) is 0 Å². The highest BCUT2D eigenvalue weighted by molar-refractivity contribution is 5.80. The molecule has 3 nitrogen and oxygen atoms in total. The fourth-order valence-electron chi connectivity index (χ4n) is 2.36. The fraction of sp³-hybridized carbons (Fsp3) is 0.818. The van der Waals surface area contributed by atoms with E-state index in [9.17, 15) is 4.79 Å². The lowest BCUT2D eigenvalue weighted by Crippen LogP contribution is -2.46. The van der Waals surface area contributed by atoms with E-state index in [-0.39, 0.29) is 17.4 Å². The van der Waals surface area contributed by atoms with Crippen molar-refractivity contribution in [2.24, 2.45) is 11.8 Å². The first-order valence-corrected chi connectivity index (χ1v) is 5.26. The van der Waals surface area contributed by atoms with Gasteiger partial charge in [-0.1, -0.05) is 0 Å². The first-order chi connectivity index (χ1) is 6.55. The second-order valence-corrected chi connectivity index (χ2v) is 4.96. The summed E-state index contributed by atoms with van der Waals surface area (Å²) >= 11 is 0. The van der Waals surface area contributed by atoms with Crippen molar-refractivity contribution in [3.05, 3.63) is 0 Å². The molecule has 1 saturated carbocycles. The van der Waals surface area contributed by atoms with Crippen molar-refractivity contribution in [1.82, 2.24) is 4.90 Å². The Morgan fingerprint density at radius 1 is 1.50 bits per heavy atom. The predicted octanol–water partition coefficient (Wildman–Crippen LogP) is 1.55. The quantitative estimate of drug-likeness (QED) is 0.666. The molecule has 0 bridgehead atoms. The highest BCUT2D eigenvalue weighted by Gasteiger charge is 2.47. The summed E-state index contributed by atoms with van der Waals surface area (Å²) in [6.45, 7) is 4.89. The number of carbonyl (C=O) groups is 1. The Bertz CT molecular complexity index is 299. The summed E-state index contributed by atoms with van der Waals surface area (Å²) in [5, 5.41) is 8.79. The monoisotopic (exact) mass is 192 g/mol. The van der Waals surface area contributed by atoms with Crippen LogP contribution < -0.4 is 0 Å². The minimum atomic E-state index is -0.0828. The van der Waals surface area contributed by atoms with Crippen LogP contribution in [0.3, 0.4) is 0 Å². The summed E-state index contributed by atoms with van der Waals surface area (Å²) in [7, 11) is 0. The van der Waals surface area contributed by atoms with Gasteiger partial charge in [-0.15, -0.1) is 0 Å². The van der Waals surface area contributed by atoms with Crippen LogP contribution in [0.4, 0.5) is 0 Å². The van der Waals surface area contributed by atoms with E-state index in [0.717, 1.165) is 0 Å². The highest BCUT2D eigenvalue weighted by atomic mass is 16.2. The van der Waals surface area contributed by atoms with Gasteiger partial charge < -0.3 is 4.90 Å². The Morgan fingerprint density at radius 3 is 2.57 bits per heavy atom. The fourth-order valence-corrected chi connectivity index (χ4v) is 2.36. The maximum atomic E-state index is 11.7. The molecule has 1 amide bonds. The van der Waals surface area contributed by atoms with E-state index >= 15 is 0 Å². The van der Waals surface area contributed by atoms with Crippen molar-refractivity contribution in [2.45, 2.75) is 38.6 Å². The van der Waals surface area contributed by atoms with E-state index in [1.807, 2.05) is 4.90 Å². The topological polar surface area (TPSA) is 44.1 Å². The van der Waals surface area contributed by atoms with Gasteiger partial charge in [-0.25, -0.2) is 0 Å². The number of nitriles is 1. The lowest BCUT2D eigenvalue weighted by atomic mass is 9.96. The van der Waals surface area contributed by atoms with Crippen LogP contribution in [0.25, 0.3) is 0 Å². The molecule has 2 rings (SSSR count). The van der Waals surface area contributed by atoms with E-state index in [2.05, 4.69) is 19.9 Å². The van der Waals surface area contributed by atoms with Gasteiger partial charge in [-0.3, -0.25) is 4.79 Å². The van der Waals surface area contributed by atoms with Gasteiger partial charge in [0, 0.05) is 18.5 Å². The van der Waals surface area contributed by atoms with Gasteiger partial charge in [0.05, 0.1) is 12.0 Å². The molecule has 1 atom stereocenters. The molecule has 1 unspecified atom stereocenters. The Kier molecular flexibility index (Phi) is 2.02. The molecule has 14 heavy (non-hydrogen) atoms. The van der Waals surface area contributed by atoms with Gasteiger partial charge in [-0.2, -0.15) is 5.26 Å². The third-order valence-corrected chi connectivity index (χ3v) is 3.58. The van der Waals surface area contributed by atoms with Crippen molar-refractivity contribution in [2.75, 3.05) is 6.54 Å². The van der Waals surface area contributed by atoms with Crippen LogP contribution in [-0.4, -0.2) is 22.9 Å². The molecule has 0 aromatic heterocycles. The Balaban J connectivity index is 2.11. The van der Waals surface area contributed by atoms with E-state index in [0.29, 0.717) is 18.9 Å². The second-order valence-electron chi connectivity index (χ2n) is 4.96. The highest BCUT2D eigenvalue weighted by Crippen LogP contribution is 2.44. The molecule has 1 aliphatic heterocycles. The molecule has 2 fully saturated rings. The van der Waals surface area contributed by atoms with Gasteiger partial charge in [0.15, 0.2) is 0 Å². The minimum absolute atomic E-state index is 0.0251. The molecular formula is C11H16N2O. The Labute approximate surface area is 84.7 Å². The van der Waals surface area contributed by atoms with Gasteiger partial charge in [0.2, 0.25) is 5.91 Å². The van der Waals surface area contributed by atoms with Crippen LogP contribution in [0.1, 0.15) is 33.1 Å². The molecule has 1 saturated heterocycles. The number of carbonyl (C=O) groups excluding carboxylic acids is 1. The maximum Gasteiger partial charge on any atom is 0.224 e. The van der Waals surface area contributed by atoms with Crippen LogP contribution in [0.15, 0.2) is 0 Å². The first-order valence-electron chi connectivity index (χ1n) is 5.26. The average Bonchev–Trinajstić information content (AvgIpc) is 2.90. The zero-order chi connectivity index (χ0) is 10.3. The molecule has 76 valence electrons. The third-order valence-electron chi connectivity index (χ3n) is 3.58. The van der Waals surface area contributed by atoms with Crippen molar-refractivity contribution >= 4 is 5.91 Å². The van der Waals surface area contributed by atoms with Gasteiger partial charge in [-0.05, 0) is 32.6 Å². The van der Waals surface area contributed by atoms with E-state index in [1.165, 1.54) is 12.8 Å². The van der Waals surface area contributed by atoms with Gasteiger partial charge in [0.25, 0.3) is 0 Å². The number of amides is 1. The predicted molar refractivity (Wildman–Crippen MR) is 52.2 cm³/mol. The number of nitrogens with zero attached hydrogens (tertiary/aromatic N) is 2. The maximum absolute atomic E-state index is 11.7. The first kappa shape index (κ1) is 9.51. The summed E-state index contributed by atoms with van der Waals surface area (Å²) < 4.78 is 0. The van der Waals surface area contributed by atoms with Crippen LogP contribution in [0, 0.1) is 23.2 Å². The van der Waals surface area contributed by atoms with Crippen molar-refractivity contribution in [1.29, 1.82) is 5.26 Å². The zero-order valence-corrected chi connectivity index (χ0v) is 8.79. The smallest absolute Gasteiger partial charge is 0.224 e. The van der Waals surface area contributed by atoms with Gasteiger partial charge in [0.1, 0.15) is 0 Å². The molecule has 0 radical (unpaired) electrons. The van der Waals surface area contributed by atoms with Crippen molar-refractivity contribution < 1.29 is 4.79 Å². The lowest BCUT2D eigenvalue weighted by Gasteiger charge is -2.36. The van der Waals surface area contributed by atoms with Gasteiger partial charge >= 0.3 is 0 Å². The molecule has 0 aromatic carbocycles. The van der Waals surface area contributed by atoms with Crippen LogP contribution in [0.2, 0.25) is 0 Å². The molecule has 0 N–H and O–H groups in total. The number of rotatable bonds is 2. The normalized spacial score (nSPS) is 27.9. The summed E-state index contributed by atoms with van der Waals surface area (Å²) in [6, 6.07) is 2.19. The molecule has 1 heterocycles. The number of hydrogen-bond acceptors (Lipinski definition) is 2. The molecule has 2 aliphatic rings. The summed E-state index contributed by atoms with van der Waals surface area (Å²) in [6.07, 6.45) is 2.88. The molecule has 0 aromatic rings. The zero-order valence-electron chi connectivity index (χ0n) is 8.79.